The van der Waals surface area contributed by atoms with Crippen LogP contribution in [0.15, 0.2) is 0 Å². The van der Waals surface area contributed by atoms with Gasteiger partial charge in [-0.15, -0.1) is 0 Å². The minimum Gasteiger partial charge on any atom is -0.354 e. The molecule has 0 aliphatic heterocycles. The molecular formula is C9H16N2O2S. The number of hydrogen-bond acceptors (Lipinski definition) is 3. The van der Waals surface area contributed by atoms with Crippen LogP contribution in [0.25, 0.3) is 0 Å². The maximum Gasteiger partial charge on any atom is 0.237 e. The first-order valence-electron chi connectivity index (χ1n) is 4.68. The van der Waals surface area contributed by atoms with E-state index in [4.69, 9.17) is 5.26 Å². The molecule has 5 heteroatoms. The fourth-order valence-corrected chi connectivity index (χ4v) is 1.51. The van der Waals surface area contributed by atoms with E-state index in [0.29, 0.717) is 24.5 Å². The molecule has 0 rings (SSSR count). The maximum absolute atomic E-state index is 11.2. The van der Waals surface area contributed by atoms with Crippen molar-refractivity contribution in [2.45, 2.75) is 20.3 Å². The summed E-state index contributed by atoms with van der Waals surface area (Å²) >= 11 is 0. The van der Waals surface area contributed by atoms with Gasteiger partial charge in [0, 0.05) is 28.9 Å². The predicted octanol–water partition coefficient (Wildman–Crippen LogP) is 0.421. The molecule has 14 heavy (non-hydrogen) atoms. The molecular weight excluding hydrogens is 200 g/mol. The van der Waals surface area contributed by atoms with Crippen LogP contribution in [-0.2, 0) is 15.6 Å². The molecule has 1 N–H and O–H groups in total. The van der Waals surface area contributed by atoms with Crippen LogP contribution in [0.2, 0.25) is 0 Å². The molecule has 0 aromatic rings. The van der Waals surface area contributed by atoms with E-state index in [-0.39, 0.29) is 5.91 Å². The van der Waals surface area contributed by atoms with E-state index >= 15 is 0 Å². The Balaban J connectivity index is 3.75. The summed E-state index contributed by atoms with van der Waals surface area (Å²) in [6.07, 6.45) is 0.513. The molecule has 0 aromatic carbocycles. The van der Waals surface area contributed by atoms with Crippen molar-refractivity contribution in [2.75, 3.05) is 18.1 Å². The second-order valence-corrected chi connectivity index (χ2v) is 4.68. The van der Waals surface area contributed by atoms with Crippen molar-refractivity contribution in [1.82, 2.24) is 5.32 Å². The van der Waals surface area contributed by atoms with Gasteiger partial charge in [0.2, 0.25) is 5.91 Å². The molecule has 0 aliphatic rings. The Morgan fingerprint density at radius 2 is 2.21 bits per heavy atom. The quantitative estimate of drug-likeness (QED) is 0.699. The second kappa shape index (κ2) is 7.51. The van der Waals surface area contributed by atoms with Crippen molar-refractivity contribution in [3.63, 3.8) is 0 Å². The third kappa shape index (κ3) is 4.97. The highest BCUT2D eigenvalue weighted by atomic mass is 32.2. The summed E-state index contributed by atoms with van der Waals surface area (Å²) in [5.41, 5.74) is 0. The number of carbonyl (C=O) groups is 1. The van der Waals surface area contributed by atoms with Gasteiger partial charge in [-0.1, -0.05) is 13.8 Å². The van der Waals surface area contributed by atoms with Gasteiger partial charge >= 0.3 is 0 Å². The standard InChI is InChI=1S/C9H16N2O2S/c1-3-8(7-10)9(12)11-5-6-14(13)4-2/h8H,3-6H2,1-2H3,(H,11,12). The summed E-state index contributed by atoms with van der Waals surface area (Å²) < 4.78 is 11.0. The van der Waals surface area contributed by atoms with Crippen LogP contribution >= 0.6 is 0 Å². The van der Waals surface area contributed by atoms with Gasteiger partial charge in [0.1, 0.15) is 5.92 Å². The lowest BCUT2D eigenvalue weighted by molar-refractivity contribution is -0.123. The lowest BCUT2D eigenvalue weighted by Gasteiger charge is -2.07. The van der Waals surface area contributed by atoms with Crippen LogP contribution in [0.4, 0.5) is 0 Å². The van der Waals surface area contributed by atoms with E-state index in [0.717, 1.165) is 0 Å². The highest BCUT2D eigenvalue weighted by Crippen LogP contribution is 1.99. The highest BCUT2D eigenvalue weighted by Gasteiger charge is 2.14. The van der Waals surface area contributed by atoms with Crippen molar-refractivity contribution in [3.8, 4) is 6.07 Å². The Morgan fingerprint density at radius 1 is 1.57 bits per heavy atom. The third-order valence-electron chi connectivity index (χ3n) is 1.83. The largest absolute Gasteiger partial charge is 0.354 e. The van der Waals surface area contributed by atoms with Crippen LogP contribution in [0.5, 0.6) is 0 Å². The van der Waals surface area contributed by atoms with Gasteiger partial charge in [-0.05, 0) is 6.42 Å². The van der Waals surface area contributed by atoms with Crippen LogP contribution in [0.1, 0.15) is 20.3 Å². The Morgan fingerprint density at radius 3 is 2.64 bits per heavy atom. The lowest BCUT2D eigenvalue weighted by Crippen LogP contribution is -2.32. The van der Waals surface area contributed by atoms with Gasteiger partial charge in [0.05, 0.1) is 6.07 Å². The maximum atomic E-state index is 11.2. The first kappa shape index (κ1) is 13.1. The average molecular weight is 216 g/mol. The van der Waals surface area contributed by atoms with E-state index in [9.17, 15) is 9.00 Å². The number of amides is 1. The van der Waals surface area contributed by atoms with E-state index in [1.54, 1.807) is 6.92 Å². The Hall–Kier alpha value is -0.890. The summed E-state index contributed by atoms with van der Waals surface area (Å²) in [5, 5.41) is 11.2. The van der Waals surface area contributed by atoms with Crippen molar-refractivity contribution >= 4 is 16.7 Å². The molecule has 0 aliphatic carbocycles. The third-order valence-corrected chi connectivity index (χ3v) is 3.13. The number of carbonyl (C=O) groups excluding carboxylic acids is 1. The molecule has 0 radical (unpaired) electrons. The minimum absolute atomic E-state index is 0.261. The summed E-state index contributed by atoms with van der Waals surface area (Å²) in [7, 11) is -0.858. The Kier molecular flexibility index (Phi) is 7.03. The SMILES string of the molecule is CCC(C#N)C(=O)NCCS(=O)CC. The van der Waals surface area contributed by atoms with Crippen molar-refractivity contribution in [3.05, 3.63) is 0 Å². The van der Waals surface area contributed by atoms with Crippen molar-refractivity contribution < 1.29 is 9.00 Å². The van der Waals surface area contributed by atoms with Gasteiger partial charge < -0.3 is 5.32 Å². The monoisotopic (exact) mass is 216 g/mol. The van der Waals surface area contributed by atoms with Gasteiger partial charge in [0.25, 0.3) is 0 Å². The summed E-state index contributed by atoms with van der Waals surface area (Å²) in [6.45, 7) is 4.01. The zero-order valence-corrected chi connectivity index (χ0v) is 9.39. The fraction of sp³-hybridized carbons (Fsp3) is 0.778. The normalized spacial score (nSPS) is 14.1. The number of nitrogens with one attached hydrogen (secondary N) is 1. The first-order valence-corrected chi connectivity index (χ1v) is 6.16. The molecule has 0 bridgehead atoms. The van der Waals surface area contributed by atoms with E-state index in [1.807, 2.05) is 13.0 Å². The van der Waals surface area contributed by atoms with E-state index in [2.05, 4.69) is 5.32 Å². The number of hydrogen-bond donors (Lipinski definition) is 1. The number of rotatable bonds is 6. The Labute approximate surface area is 87.1 Å². The molecule has 0 aromatic heterocycles. The number of nitrogens with zero attached hydrogens (tertiary/aromatic N) is 1. The molecule has 4 nitrogen and oxygen atoms in total. The molecule has 0 spiro atoms. The van der Waals surface area contributed by atoms with Crippen LogP contribution in [-0.4, -0.2) is 28.2 Å². The van der Waals surface area contributed by atoms with E-state index < -0.39 is 16.7 Å². The average Bonchev–Trinajstić information content (AvgIpc) is 2.19. The predicted molar refractivity (Wildman–Crippen MR) is 56.0 cm³/mol. The zero-order chi connectivity index (χ0) is 11.0. The molecule has 0 saturated heterocycles. The highest BCUT2D eigenvalue weighted by molar-refractivity contribution is 7.84. The molecule has 0 saturated carbocycles. The topological polar surface area (TPSA) is 70.0 Å². The molecule has 2 unspecified atom stereocenters. The lowest BCUT2D eigenvalue weighted by atomic mass is 10.1. The second-order valence-electron chi connectivity index (χ2n) is 2.81. The number of nitriles is 1. The molecule has 80 valence electrons. The smallest absolute Gasteiger partial charge is 0.237 e. The molecule has 1 amide bonds. The zero-order valence-electron chi connectivity index (χ0n) is 8.58. The van der Waals surface area contributed by atoms with Crippen molar-refractivity contribution in [1.29, 1.82) is 5.26 Å². The van der Waals surface area contributed by atoms with Gasteiger partial charge in [0.15, 0.2) is 0 Å². The van der Waals surface area contributed by atoms with E-state index in [1.165, 1.54) is 0 Å². The summed E-state index contributed by atoms with van der Waals surface area (Å²) in [4.78, 5) is 11.2. The molecule has 2 atom stereocenters. The van der Waals surface area contributed by atoms with Crippen LogP contribution in [0.3, 0.4) is 0 Å². The van der Waals surface area contributed by atoms with Crippen molar-refractivity contribution in [2.24, 2.45) is 5.92 Å². The van der Waals surface area contributed by atoms with Gasteiger partial charge in [-0.25, -0.2) is 0 Å². The first-order chi connectivity index (χ1) is 6.65. The Bertz CT molecular complexity index is 248. The summed E-state index contributed by atoms with van der Waals surface area (Å²) in [5.74, 6) is 0.225. The molecule has 0 heterocycles. The summed E-state index contributed by atoms with van der Waals surface area (Å²) in [6, 6.07) is 1.92. The minimum atomic E-state index is -0.858. The van der Waals surface area contributed by atoms with Gasteiger partial charge in [-0.3, -0.25) is 9.00 Å². The van der Waals surface area contributed by atoms with Crippen LogP contribution < -0.4 is 5.32 Å². The van der Waals surface area contributed by atoms with Crippen LogP contribution in [0, 0.1) is 17.2 Å². The fourth-order valence-electron chi connectivity index (χ4n) is 0.891. The molecule has 0 fully saturated rings. The van der Waals surface area contributed by atoms with Gasteiger partial charge in [-0.2, -0.15) is 5.26 Å².